The zero-order chi connectivity index (χ0) is 22.7. The molecule has 1 N–H and O–H groups in total. The van der Waals surface area contributed by atoms with E-state index in [0.717, 1.165) is 22.1 Å². The lowest BCUT2D eigenvalue weighted by atomic mass is 10.1. The highest BCUT2D eigenvalue weighted by atomic mass is 32.2. The average molecular weight is 445 g/mol. The number of amides is 1. The minimum Gasteiger partial charge on any atom is -0.348 e. The van der Waals surface area contributed by atoms with Gasteiger partial charge in [-0.1, -0.05) is 65.7 Å². The second kappa shape index (κ2) is 8.85. The number of nitrogens with zero attached hydrogens (tertiary/aromatic N) is 1. The van der Waals surface area contributed by atoms with Gasteiger partial charge in [0, 0.05) is 29.3 Å². The maximum absolute atomic E-state index is 13.3. The van der Waals surface area contributed by atoms with Crippen LogP contribution in [-0.2, 0) is 10.0 Å². The van der Waals surface area contributed by atoms with E-state index in [2.05, 4.69) is 5.32 Å². The highest BCUT2D eigenvalue weighted by molar-refractivity contribution is 7.90. The van der Waals surface area contributed by atoms with E-state index in [0.29, 0.717) is 17.6 Å². The molecule has 162 valence electrons. The Bertz CT molecular complexity index is 1400. The van der Waals surface area contributed by atoms with Gasteiger partial charge in [-0.3, -0.25) is 4.79 Å². The molecule has 4 aromatic rings. The molecule has 0 aliphatic carbocycles. The fourth-order valence-electron chi connectivity index (χ4n) is 3.54. The van der Waals surface area contributed by atoms with Gasteiger partial charge in [0.2, 0.25) is 0 Å². The van der Waals surface area contributed by atoms with Crippen LogP contribution in [0.2, 0.25) is 0 Å². The SMILES string of the molecule is C/C(=C\c1cn(S(=O)(=O)c2ccc(C)cc2)c2ccccc12)CNC(=O)c1ccccc1. The second-order valence-corrected chi connectivity index (χ2v) is 9.57. The Hall–Kier alpha value is -3.64. The summed E-state index contributed by atoms with van der Waals surface area (Å²) in [6.45, 7) is 4.19. The number of para-hydroxylation sites is 1. The first kappa shape index (κ1) is 21.6. The molecule has 3 aromatic carbocycles. The van der Waals surface area contributed by atoms with Crippen LogP contribution in [0.25, 0.3) is 17.0 Å². The predicted molar refractivity (Wildman–Crippen MR) is 128 cm³/mol. The van der Waals surface area contributed by atoms with Crippen LogP contribution in [-0.4, -0.2) is 24.8 Å². The second-order valence-electron chi connectivity index (χ2n) is 7.75. The Labute approximate surface area is 188 Å². The highest BCUT2D eigenvalue weighted by Gasteiger charge is 2.20. The predicted octanol–water partition coefficient (Wildman–Crippen LogP) is 5.02. The van der Waals surface area contributed by atoms with Gasteiger partial charge in [0.1, 0.15) is 0 Å². The third kappa shape index (κ3) is 4.36. The third-order valence-electron chi connectivity index (χ3n) is 5.25. The largest absolute Gasteiger partial charge is 0.348 e. The Balaban J connectivity index is 1.65. The van der Waals surface area contributed by atoms with E-state index < -0.39 is 10.0 Å². The van der Waals surface area contributed by atoms with E-state index in [1.807, 2.05) is 56.3 Å². The molecule has 0 radical (unpaired) electrons. The molecule has 0 saturated heterocycles. The van der Waals surface area contributed by atoms with Crippen LogP contribution < -0.4 is 5.32 Å². The van der Waals surface area contributed by atoms with E-state index in [1.54, 1.807) is 48.7 Å². The monoisotopic (exact) mass is 444 g/mol. The summed E-state index contributed by atoms with van der Waals surface area (Å²) in [5.74, 6) is -0.150. The number of hydrogen-bond acceptors (Lipinski definition) is 3. The van der Waals surface area contributed by atoms with Gasteiger partial charge in [-0.15, -0.1) is 0 Å². The molecule has 0 fully saturated rings. The van der Waals surface area contributed by atoms with Gasteiger partial charge in [0.05, 0.1) is 10.4 Å². The van der Waals surface area contributed by atoms with Gasteiger partial charge in [-0.25, -0.2) is 12.4 Å². The van der Waals surface area contributed by atoms with Crippen molar-refractivity contribution < 1.29 is 13.2 Å². The molecule has 5 nitrogen and oxygen atoms in total. The fraction of sp³-hybridized carbons (Fsp3) is 0.115. The first-order chi connectivity index (χ1) is 15.4. The number of hydrogen-bond donors (Lipinski definition) is 1. The molecule has 0 unspecified atom stereocenters. The normalized spacial score (nSPS) is 12.1. The molecule has 0 saturated carbocycles. The number of rotatable bonds is 6. The Kier molecular flexibility index (Phi) is 5.97. The van der Waals surface area contributed by atoms with Gasteiger partial charge < -0.3 is 5.32 Å². The van der Waals surface area contributed by atoms with Crippen LogP contribution in [0.5, 0.6) is 0 Å². The lowest BCUT2D eigenvalue weighted by Gasteiger charge is -2.07. The van der Waals surface area contributed by atoms with Gasteiger partial charge in [-0.05, 0) is 44.2 Å². The minimum absolute atomic E-state index is 0.150. The molecule has 1 aromatic heterocycles. The average Bonchev–Trinajstić information content (AvgIpc) is 3.17. The summed E-state index contributed by atoms with van der Waals surface area (Å²) >= 11 is 0. The summed E-state index contributed by atoms with van der Waals surface area (Å²) in [6, 6.07) is 23.3. The number of carbonyl (C=O) groups is 1. The van der Waals surface area contributed by atoms with Crippen molar-refractivity contribution in [2.75, 3.05) is 6.54 Å². The van der Waals surface area contributed by atoms with Gasteiger partial charge in [0.25, 0.3) is 15.9 Å². The van der Waals surface area contributed by atoms with Crippen molar-refractivity contribution in [2.24, 2.45) is 0 Å². The molecule has 0 spiro atoms. The van der Waals surface area contributed by atoms with E-state index >= 15 is 0 Å². The van der Waals surface area contributed by atoms with Crippen molar-refractivity contribution in [3.63, 3.8) is 0 Å². The molecule has 1 amide bonds. The number of fused-ring (bicyclic) bond motifs is 1. The molecule has 0 aliphatic rings. The molecule has 4 rings (SSSR count). The third-order valence-corrected chi connectivity index (χ3v) is 6.94. The van der Waals surface area contributed by atoms with Gasteiger partial charge >= 0.3 is 0 Å². The molecule has 6 heteroatoms. The van der Waals surface area contributed by atoms with Crippen LogP contribution in [0.15, 0.2) is 95.5 Å². The lowest BCUT2D eigenvalue weighted by Crippen LogP contribution is -2.24. The van der Waals surface area contributed by atoms with Crippen molar-refractivity contribution in [3.05, 3.63) is 107 Å². The summed E-state index contributed by atoms with van der Waals surface area (Å²) in [6.07, 6.45) is 3.55. The molecular formula is C26H24N2O3S. The van der Waals surface area contributed by atoms with Crippen molar-refractivity contribution in [1.82, 2.24) is 9.29 Å². The van der Waals surface area contributed by atoms with Crippen LogP contribution in [0.4, 0.5) is 0 Å². The summed E-state index contributed by atoms with van der Waals surface area (Å²) in [5.41, 5.74) is 3.90. The standard InChI is InChI=1S/C26H24N2O3S/c1-19-12-14-23(15-13-19)32(30,31)28-18-22(24-10-6-7-11-25(24)28)16-20(2)17-27-26(29)21-8-4-3-5-9-21/h3-16,18H,17H2,1-2H3,(H,27,29)/b20-16+. The first-order valence-electron chi connectivity index (χ1n) is 10.3. The van der Waals surface area contributed by atoms with Crippen LogP contribution in [0.3, 0.4) is 0 Å². The maximum atomic E-state index is 13.3. The minimum atomic E-state index is -3.74. The number of nitrogens with one attached hydrogen (secondary N) is 1. The van der Waals surface area contributed by atoms with Crippen molar-refractivity contribution >= 4 is 32.9 Å². The number of benzene rings is 3. The van der Waals surface area contributed by atoms with Crippen LogP contribution >= 0.6 is 0 Å². The molecule has 1 heterocycles. The number of carbonyl (C=O) groups excluding carboxylic acids is 1. The first-order valence-corrected chi connectivity index (χ1v) is 11.7. The van der Waals surface area contributed by atoms with Gasteiger partial charge in [-0.2, -0.15) is 0 Å². The van der Waals surface area contributed by atoms with Crippen molar-refractivity contribution in [2.45, 2.75) is 18.7 Å². The molecule has 0 aliphatic heterocycles. The highest BCUT2D eigenvalue weighted by Crippen LogP contribution is 2.27. The summed E-state index contributed by atoms with van der Waals surface area (Å²) in [7, 11) is -3.74. The van der Waals surface area contributed by atoms with Crippen LogP contribution in [0.1, 0.15) is 28.4 Å². The smallest absolute Gasteiger partial charge is 0.268 e. The number of aromatic nitrogens is 1. The van der Waals surface area contributed by atoms with E-state index in [-0.39, 0.29) is 10.8 Å². The van der Waals surface area contributed by atoms with Crippen molar-refractivity contribution in [1.29, 1.82) is 0 Å². The lowest BCUT2D eigenvalue weighted by molar-refractivity contribution is 0.0957. The zero-order valence-electron chi connectivity index (χ0n) is 17.9. The Morgan fingerprint density at radius 2 is 1.59 bits per heavy atom. The van der Waals surface area contributed by atoms with E-state index in [9.17, 15) is 13.2 Å². The molecule has 32 heavy (non-hydrogen) atoms. The van der Waals surface area contributed by atoms with Crippen molar-refractivity contribution in [3.8, 4) is 0 Å². The maximum Gasteiger partial charge on any atom is 0.268 e. The van der Waals surface area contributed by atoms with E-state index in [1.165, 1.54) is 3.97 Å². The van der Waals surface area contributed by atoms with E-state index in [4.69, 9.17) is 0 Å². The van der Waals surface area contributed by atoms with Gasteiger partial charge in [0.15, 0.2) is 0 Å². The Morgan fingerprint density at radius 3 is 2.31 bits per heavy atom. The summed E-state index contributed by atoms with van der Waals surface area (Å²) in [5, 5.41) is 3.73. The summed E-state index contributed by atoms with van der Waals surface area (Å²) in [4.78, 5) is 12.6. The fourth-order valence-corrected chi connectivity index (χ4v) is 4.92. The molecular weight excluding hydrogens is 420 g/mol. The molecule has 0 bridgehead atoms. The summed E-state index contributed by atoms with van der Waals surface area (Å²) < 4.78 is 28.0. The zero-order valence-corrected chi connectivity index (χ0v) is 18.8. The Morgan fingerprint density at radius 1 is 0.938 bits per heavy atom. The number of aryl methyl sites for hydroxylation is 1. The quantitative estimate of drug-likeness (QED) is 0.454. The molecule has 0 atom stereocenters. The topological polar surface area (TPSA) is 68.2 Å². The van der Waals surface area contributed by atoms with Crippen LogP contribution in [0, 0.1) is 6.92 Å².